The molecule has 1 unspecified atom stereocenters. The molecule has 2 aliphatic carbocycles. The van der Waals surface area contributed by atoms with Gasteiger partial charge in [-0.2, -0.15) is 0 Å². The molecule has 3 aliphatic rings. The van der Waals surface area contributed by atoms with E-state index in [9.17, 15) is 4.39 Å². The van der Waals surface area contributed by atoms with Crippen LogP contribution in [0.4, 0.5) is 32.8 Å². The first-order chi connectivity index (χ1) is 28.3. The van der Waals surface area contributed by atoms with E-state index in [4.69, 9.17) is 0 Å². The van der Waals surface area contributed by atoms with Crippen LogP contribution in [0.3, 0.4) is 0 Å². The third-order valence-electron chi connectivity index (χ3n) is 12.7. The highest BCUT2D eigenvalue weighted by Gasteiger charge is 2.54. The number of fused-ring (bicyclic) bond motifs is 13. The van der Waals surface area contributed by atoms with Gasteiger partial charge in [-0.05, 0) is 134 Å². The molecule has 2 nitrogen and oxygen atoms in total. The molecule has 11 rings (SSSR count). The molecule has 0 fully saturated rings. The molecular weight excluding hydrogens is 708 g/mol. The van der Waals surface area contributed by atoms with Gasteiger partial charge in [0.25, 0.3) is 0 Å². The molecule has 0 radical (unpaired) electrons. The Kier molecular flexibility index (Phi) is 7.69. The largest absolute Gasteiger partial charge is 0.310 e. The van der Waals surface area contributed by atoms with E-state index >= 15 is 0 Å². The Labute approximate surface area is 339 Å². The molecule has 0 bridgehead atoms. The van der Waals surface area contributed by atoms with Gasteiger partial charge in [0.2, 0.25) is 0 Å². The second kappa shape index (κ2) is 12.9. The van der Waals surface area contributed by atoms with Crippen molar-refractivity contribution in [2.75, 3.05) is 9.80 Å². The predicted octanol–water partition coefficient (Wildman–Crippen LogP) is 15.0. The van der Waals surface area contributed by atoms with Gasteiger partial charge in [-0.1, -0.05) is 142 Å². The van der Waals surface area contributed by atoms with Gasteiger partial charge in [-0.15, -0.1) is 0 Å². The maximum atomic E-state index is 14.7. The summed E-state index contributed by atoms with van der Waals surface area (Å²) in [7, 11) is 0. The molecule has 1 aliphatic heterocycles. The van der Waals surface area contributed by atoms with Crippen LogP contribution in [-0.2, 0) is 10.8 Å². The van der Waals surface area contributed by atoms with E-state index in [1.807, 2.05) is 12.1 Å². The standard InChI is InChI=1S/C55H43FN2/c1-54(2,3)37-26-30-40(31-27-37)57(41-32-28-38(56)29-33-41)51-35-48-53(44-20-10-9-19-43(44)51)52-42-18-8-7-15-36(42)25-34-47(52)55(48)45-21-11-13-23-49(45)58(39-16-5-4-6-17-39)50-24-14-12-22-46(50)55/h4-11,13,15-35H,12,14H2,1-3H3. The molecule has 58 heavy (non-hydrogen) atoms. The molecule has 0 N–H and O–H groups in total. The van der Waals surface area contributed by atoms with E-state index in [1.165, 1.54) is 66.5 Å². The monoisotopic (exact) mass is 750 g/mol. The number of hydrogen-bond donors (Lipinski definition) is 0. The van der Waals surface area contributed by atoms with Crippen LogP contribution in [0.25, 0.3) is 32.7 Å². The fourth-order valence-electron chi connectivity index (χ4n) is 10.1. The molecular formula is C55H43FN2. The number of benzene rings is 8. The van der Waals surface area contributed by atoms with Crippen molar-refractivity contribution in [1.82, 2.24) is 0 Å². The second-order valence-electron chi connectivity index (χ2n) is 16.9. The lowest BCUT2D eigenvalue weighted by Crippen LogP contribution is -2.41. The van der Waals surface area contributed by atoms with Crippen LogP contribution in [-0.4, -0.2) is 0 Å². The van der Waals surface area contributed by atoms with Crippen molar-refractivity contribution in [3.8, 4) is 11.1 Å². The van der Waals surface area contributed by atoms with E-state index < -0.39 is 5.41 Å². The number of hydrogen-bond acceptors (Lipinski definition) is 2. The number of halogens is 1. The van der Waals surface area contributed by atoms with Crippen molar-refractivity contribution in [2.45, 2.75) is 44.4 Å². The third-order valence-corrected chi connectivity index (χ3v) is 12.7. The lowest BCUT2D eigenvalue weighted by Gasteiger charge is -2.48. The molecule has 0 saturated carbocycles. The maximum Gasteiger partial charge on any atom is 0.123 e. The van der Waals surface area contributed by atoms with Gasteiger partial charge in [0.1, 0.15) is 5.82 Å². The van der Waals surface area contributed by atoms with Crippen molar-refractivity contribution in [1.29, 1.82) is 0 Å². The fourth-order valence-corrected chi connectivity index (χ4v) is 10.1. The van der Waals surface area contributed by atoms with Crippen LogP contribution < -0.4 is 9.80 Å². The minimum atomic E-state index is -0.619. The predicted molar refractivity (Wildman–Crippen MR) is 241 cm³/mol. The SMILES string of the molecule is CC(C)(C)c1ccc(N(c2ccc(F)cc2)c2cc3c(c4ccccc24)-c2c(ccc4ccccc24)C32C3=CCCC=C3N(c3ccccc3)c3ccccc32)cc1. The number of para-hydroxylation sites is 2. The minimum Gasteiger partial charge on any atom is -0.310 e. The molecule has 1 spiro atoms. The normalized spacial score (nSPS) is 16.7. The summed E-state index contributed by atoms with van der Waals surface area (Å²) in [6, 6.07) is 60.8. The van der Waals surface area contributed by atoms with Crippen molar-refractivity contribution >= 4 is 50.0 Å². The van der Waals surface area contributed by atoms with E-state index in [-0.39, 0.29) is 11.2 Å². The Morgan fingerprint density at radius 2 is 1.17 bits per heavy atom. The van der Waals surface area contributed by atoms with Crippen molar-refractivity contribution in [3.63, 3.8) is 0 Å². The van der Waals surface area contributed by atoms with Crippen LogP contribution in [0.2, 0.25) is 0 Å². The highest BCUT2D eigenvalue weighted by atomic mass is 19.1. The van der Waals surface area contributed by atoms with Gasteiger partial charge in [0.05, 0.1) is 16.8 Å². The van der Waals surface area contributed by atoms with Gasteiger partial charge < -0.3 is 9.80 Å². The Balaban J connectivity index is 1.30. The summed E-state index contributed by atoms with van der Waals surface area (Å²) in [4.78, 5) is 4.81. The summed E-state index contributed by atoms with van der Waals surface area (Å²) in [5, 5.41) is 4.83. The van der Waals surface area contributed by atoms with E-state index in [2.05, 4.69) is 188 Å². The van der Waals surface area contributed by atoms with Crippen LogP contribution in [0.5, 0.6) is 0 Å². The molecule has 0 saturated heterocycles. The quantitative estimate of drug-likeness (QED) is 0.177. The maximum absolute atomic E-state index is 14.7. The molecule has 1 heterocycles. The molecule has 0 amide bonds. The number of anilines is 5. The van der Waals surface area contributed by atoms with Crippen LogP contribution >= 0.6 is 0 Å². The van der Waals surface area contributed by atoms with Crippen LogP contribution in [0, 0.1) is 5.82 Å². The summed E-state index contributed by atoms with van der Waals surface area (Å²) < 4.78 is 14.7. The minimum absolute atomic E-state index is 0.00137. The smallest absolute Gasteiger partial charge is 0.123 e. The first-order valence-electron chi connectivity index (χ1n) is 20.4. The average molecular weight is 751 g/mol. The average Bonchev–Trinajstić information content (AvgIpc) is 3.56. The van der Waals surface area contributed by atoms with E-state index in [0.29, 0.717) is 0 Å². The lowest BCUT2D eigenvalue weighted by molar-refractivity contribution is 0.590. The van der Waals surface area contributed by atoms with Crippen molar-refractivity contribution in [2.24, 2.45) is 0 Å². The summed E-state index contributed by atoms with van der Waals surface area (Å²) in [6.45, 7) is 6.74. The second-order valence-corrected chi connectivity index (χ2v) is 16.9. The third kappa shape index (κ3) is 4.96. The van der Waals surface area contributed by atoms with Gasteiger partial charge in [-0.3, -0.25) is 0 Å². The topological polar surface area (TPSA) is 6.48 Å². The molecule has 0 aromatic heterocycles. The fraction of sp³-hybridized carbons (Fsp3) is 0.127. The zero-order valence-corrected chi connectivity index (χ0v) is 33.0. The van der Waals surface area contributed by atoms with Crippen molar-refractivity contribution in [3.05, 3.63) is 221 Å². The van der Waals surface area contributed by atoms with Crippen LogP contribution in [0.1, 0.15) is 55.9 Å². The summed E-state index contributed by atoms with van der Waals surface area (Å²) in [5.74, 6) is -0.253. The van der Waals surface area contributed by atoms with E-state index in [1.54, 1.807) is 12.1 Å². The highest BCUT2D eigenvalue weighted by Crippen LogP contribution is 2.66. The van der Waals surface area contributed by atoms with Crippen LogP contribution in [0.15, 0.2) is 193 Å². The van der Waals surface area contributed by atoms with Gasteiger partial charge in [0.15, 0.2) is 0 Å². The Hall–Kier alpha value is -6.71. The molecule has 280 valence electrons. The number of rotatable bonds is 4. The van der Waals surface area contributed by atoms with Crippen molar-refractivity contribution < 1.29 is 4.39 Å². The first kappa shape index (κ1) is 34.5. The molecule has 8 aromatic rings. The number of allylic oxidation sites excluding steroid dienone is 3. The zero-order valence-electron chi connectivity index (χ0n) is 33.0. The summed E-state index contributed by atoms with van der Waals surface area (Å²) in [5.41, 5.74) is 15.0. The first-order valence-corrected chi connectivity index (χ1v) is 20.4. The van der Waals surface area contributed by atoms with Gasteiger partial charge in [0, 0.05) is 28.1 Å². The molecule has 8 aromatic carbocycles. The summed E-state index contributed by atoms with van der Waals surface area (Å²) in [6.07, 6.45) is 6.92. The number of nitrogens with zero attached hydrogens (tertiary/aromatic N) is 2. The highest BCUT2D eigenvalue weighted by molar-refractivity contribution is 6.16. The zero-order chi connectivity index (χ0) is 39.2. The van der Waals surface area contributed by atoms with Gasteiger partial charge >= 0.3 is 0 Å². The Morgan fingerprint density at radius 1 is 0.552 bits per heavy atom. The van der Waals surface area contributed by atoms with E-state index in [0.717, 1.165) is 41.0 Å². The summed E-state index contributed by atoms with van der Waals surface area (Å²) >= 11 is 0. The Bertz CT molecular complexity index is 2990. The lowest BCUT2D eigenvalue weighted by atomic mass is 9.62. The Morgan fingerprint density at radius 3 is 1.93 bits per heavy atom. The van der Waals surface area contributed by atoms with Gasteiger partial charge in [-0.25, -0.2) is 4.39 Å². The molecule has 3 heteroatoms. The molecule has 1 atom stereocenters.